The zero-order chi connectivity index (χ0) is 19.8. The molecule has 0 amide bonds. The molecule has 0 N–H and O–H groups in total. The van der Waals surface area contributed by atoms with Crippen molar-refractivity contribution in [2.45, 2.75) is 19.1 Å². The molecule has 3 aromatic rings. The lowest BCUT2D eigenvalue weighted by molar-refractivity contribution is -0.619. The van der Waals surface area contributed by atoms with Gasteiger partial charge in [-0.1, -0.05) is 25.1 Å². The predicted molar refractivity (Wildman–Crippen MR) is 103 cm³/mol. The van der Waals surface area contributed by atoms with E-state index in [1.165, 1.54) is 6.20 Å². The molecule has 0 saturated heterocycles. The summed E-state index contributed by atoms with van der Waals surface area (Å²) in [5.41, 5.74) is -1.71. The average Bonchev–Trinajstić information content (AvgIpc) is 2.74. The van der Waals surface area contributed by atoms with Gasteiger partial charge in [0.15, 0.2) is 6.61 Å². The monoisotopic (exact) mass is 380 g/mol. The van der Waals surface area contributed by atoms with Crippen LogP contribution in [0.15, 0.2) is 79.1 Å². The summed E-state index contributed by atoms with van der Waals surface area (Å²) in [5, 5.41) is 11.7. The molecular formula is C21H20N2O5. The number of pyridine rings is 1. The molecule has 1 aromatic heterocycles. The third kappa shape index (κ3) is 4.76. The highest BCUT2D eigenvalue weighted by Crippen LogP contribution is 2.27. The summed E-state index contributed by atoms with van der Waals surface area (Å²) >= 11 is 0. The zero-order valence-electron chi connectivity index (χ0n) is 15.4. The van der Waals surface area contributed by atoms with Crippen molar-refractivity contribution in [1.82, 2.24) is 4.98 Å². The third-order valence-corrected chi connectivity index (χ3v) is 4.09. The first kappa shape index (κ1) is 19.2. The molecule has 0 radical (unpaired) electrons. The maximum absolute atomic E-state index is 11.7. The number of ether oxygens (including phenoxy) is 3. The quantitative estimate of drug-likeness (QED) is 0.304. The van der Waals surface area contributed by atoms with Gasteiger partial charge in [0.2, 0.25) is 0 Å². The number of hydrogen-bond donors (Lipinski definition) is 0. The maximum atomic E-state index is 11.7. The third-order valence-electron chi connectivity index (χ3n) is 4.09. The summed E-state index contributed by atoms with van der Waals surface area (Å²) in [6, 6.07) is 19.4. The van der Waals surface area contributed by atoms with E-state index in [0.29, 0.717) is 23.0 Å². The number of hydrogen-bond acceptors (Lipinski definition) is 6. The van der Waals surface area contributed by atoms with Gasteiger partial charge in [-0.3, -0.25) is 15.1 Å². The fraction of sp³-hybridized carbons (Fsp3) is 0.190. The lowest BCUT2D eigenvalue weighted by Crippen LogP contribution is -2.49. The van der Waals surface area contributed by atoms with Crippen LogP contribution < -0.4 is 14.2 Å². The van der Waals surface area contributed by atoms with Gasteiger partial charge in [-0.05, 0) is 48.5 Å². The summed E-state index contributed by atoms with van der Waals surface area (Å²) in [5.74, 6) is 2.11. The SMILES string of the molecule is CCC(COc1cccnc1)(Oc1ccc(Oc2ccccc2)cc1)[N+](=O)[O-]. The van der Waals surface area contributed by atoms with Crippen molar-refractivity contribution in [3.8, 4) is 23.0 Å². The Morgan fingerprint density at radius 1 is 0.929 bits per heavy atom. The first-order valence-corrected chi connectivity index (χ1v) is 8.80. The molecular weight excluding hydrogens is 360 g/mol. The molecule has 0 fully saturated rings. The molecule has 7 heteroatoms. The Balaban J connectivity index is 1.70. The van der Waals surface area contributed by atoms with E-state index in [1.54, 1.807) is 49.5 Å². The average molecular weight is 380 g/mol. The summed E-state index contributed by atoms with van der Waals surface area (Å²) < 4.78 is 17.0. The topological polar surface area (TPSA) is 83.7 Å². The van der Waals surface area contributed by atoms with Gasteiger partial charge in [-0.2, -0.15) is 0 Å². The smallest absolute Gasteiger partial charge is 0.396 e. The van der Waals surface area contributed by atoms with Crippen LogP contribution in [0, 0.1) is 10.1 Å². The van der Waals surface area contributed by atoms with Gasteiger partial charge in [0, 0.05) is 6.20 Å². The van der Waals surface area contributed by atoms with E-state index in [-0.39, 0.29) is 13.0 Å². The van der Waals surface area contributed by atoms with E-state index in [9.17, 15) is 10.1 Å². The lowest BCUT2D eigenvalue weighted by Gasteiger charge is -2.25. The lowest BCUT2D eigenvalue weighted by atomic mass is 10.2. The second-order valence-corrected chi connectivity index (χ2v) is 6.02. The van der Waals surface area contributed by atoms with Crippen molar-refractivity contribution in [2.24, 2.45) is 0 Å². The molecule has 0 aliphatic rings. The Labute approximate surface area is 162 Å². The Bertz CT molecular complexity index is 888. The minimum absolute atomic E-state index is 0.128. The Kier molecular flexibility index (Phi) is 6.06. The Morgan fingerprint density at radius 2 is 1.57 bits per heavy atom. The molecule has 0 bridgehead atoms. The van der Waals surface area contributed by atoms with Crippen molar-refractivity contribution >= 4 is 0 Å². The van der Waals surface area contributed by atoms with Gasteiger partial charge >= 0.3 is 5.72 Å². The largest absolute Gasteiger partial charge is 0.480 e. The molecule has 2 aromatic carbocycles. The zero-order valence-corrected chi connectivity index (χ0v) is 15.4. The van der Waals surface area contributed by atoms with E-state index >= 15 is 0 Å². The Morgan fingerprint density at radius 3 is 2.18 bits per heavy atom. The van der Waals surface area contributed by atoms with Crippen LogP contribution in [0.5, 0.6) is 23.0 Å². The van der Waals surface area contributed by atoms with Gasteiger partial charge in [0.25, 0.3) is 0 Å². The van der Waals surface area contributed by atoms with Crippen LogP contribution in [0.25, 0.3) is 0 Å². The van der Waals surface area contributed by atoms with Crippen LogP contribution in [-0.4, -0.2) is 22.2 Å². The van der Waals surface area contributed by atoms with Crippen molar-refractivity contribution < 1.29 is 19.1 Å². The molecule has 28 heavy (non-hydrogen) atoms. The van der Waals surface area contributed by atoms with Crippen LogP contribution in [0.3, 0.4) is 0 Å². The molecule has 0 spiro atoms. The summed E-state index contributed by atoms with van der Waals surface area (Å²) in [7, 11) is 0. The molecule has 0 saturated carbocycles. The first-order valence-electron chi connectivity index (χ1n) is 8.80. The normalized spacial score (nSPS) is 12.6. The molecule has 0 aliphatic heterocycles. The molecule has 7 nitrogen and oxygen atoms in total. The molecule has 1 heterocycles. The maximum Gasteiger partial charge on any atom is 0.396 e. The van der Waals surface area contributed by atoms with E-state index in [2.05, 4.69) is 4.98 Å². The van der Waals surface area contributed by atoms with Crippen LogP contribution in [0.4, 0.5) is 0 Å². The molecule has 144 valence electrons. The van der Waals surface area contributed by atoms with Crippen molar-refractivity contribution in [3.63, 3.8) is 0 Å². The van der Waals surface area contributed by atoms with Gasteiger partial charge in [0.1, 0.15) is 23.0 Å². The number of aromatic nitrogens is 1. The van der Waals surface area contributed by atoms with Gasteiger partial charge in [-0.25, -0.2) is 0 Å². The van der Waals surface area contributed by atoms with E-state index in [4.69, 9.17) is 14.2 Å². The molecule has 1 unspecified atom stereocenters. The summed E-state index contributed by atoms with van der Waals surface area (Å²) in [6.45, 7) is 1.44. The van der Waals surface area contributed by atoms with Crippen LogP contribution in [-0.2, 0) is 0 Å². The minimum atomic E-state index is -1.71. The molecule has 0 aliphatic carbocycles. The number of nitro groups is 1. The van der Waals surface area contributed by atoms with E-state index < -0.39 is 10.6 Å². The number of para-hydroxylation sites is 1. The van der Waals surface area contributed by atoms with Crippen molar-refractivity contribution in [2.75, 3.05) is 6.61 Å². The van der Waals surface area contributed by atoms with Crippen molar-refractivity contribution in [3.05, 3.63) is 89.2 Å². The first-order chi connectivity index (χ1) is 13.6. The fourth-order valence-corrected chi connectivity index (χ4v) is 2.47. The summed E-state index contributed by atoms with van der Waals surface area (Å²) in [4.78, 5) is 15.2. The van der Waals surface area contributed by atoms with Crippen LogP contribution in [0.2, 0.25) is 0 Å². The summed E-state index contributed by atoms with van der Waals surface area (Å²) in [6.07, 6.45) is 3.22. The fourth-order valence-electron chi connectivity index (χ4n) is 2.47. The van der Waals surface area contributed by atoms with Crippen LogP contribution in [0.1, 0.15) is 13.3 Å². The number of benzene rings is 2. The highest BCUT2D eigenvalue weighted by molar-refractivity contribution is 5.35. The number of nitrogens with zero attached hydrogens (tertiary/aromatic N) is 2. The van der Waals surface area contributed by atoms with Crippen molar-refractivity contribution in [1.29, 1.82) is 0 Å². The van der Waals surface area contributed by atoms with Crippen LogP contribution >= 0.6 is 0 Å². The van der Waals surface area contributed by atoms with E-state index in [1.807, 2.05) is 30.3 Å². The standard InChI is InChI=1S/C21H20N2O5/c1-2-21(23(24)25,16-26-20-9-6-14-22-15-20)28-19-12-10-18(11-13-19)27-17-7-4-3-5-8-17/h3-15H,2,16H2,1H3. The Hall–Kier alpha value is -3.61. The van der Waals surface area contributed by atoms with Gasteiger partial charge < -0.3 is 14.2 Å². The van der Waals surface area contributed by atoms with E-state index in [0.717, 1.165) is 0 Å². The number of rotatable bonds is 9. The second-order valence-electron chi connectivity index (χ2n) is 6.02. The highest BCUT2D eigenvalue weighted by Gasteiger charge is 2.45. The van der Waals surface area contributed by atoms with Gasteiger partial charge in [-0.15, -0.1) is 0 Å². The highest BCUT2D eigenvalue weighted by atomic mass is 16.7. The molecule has 1 atom stereocenters. The minimum Gasteiger partial charge on any atom is -0.480 e. The second kappa shape index (κ2) is 8.85. The molecule has 3 rings (SSSR count). The van der Waals surface area contributed by atoms with Gasteiger partial charge in [0.05, 0.1) is 17.5 Å². The predicted octanol–water partition coefficient (Wildman–Crippen LogP) is 4.71.